The number of anilines is 2. The highest BCUT2D eigenvalue weighted by Gasteiger charge is 2.31. The van der Waals surface area contributed by atoms with Gasteiger partial charge in [0.15, 0.2) is 11.5 Å². The Morgan fingerprint density at radius 1 is 0.975 bits per heavy atom. The number of carbonyl (C=O) groups is 3. The van der Waals surface area contributed by atoms with Gasteiger partial charge in [-0.25, -0.2) is 4.98 Å². The van der Waals surface area contributed by atoms with E-state index in [1.807, 2.05) is 25.1 Å². The van der Waals surface area contributed by atoms with Crippen molar-refractivity contribution in [1.82, 2.24) is 4.98 Å². The smallest absolute Gasteiger partial charge is 0.280 e. The first-order valence-electron chi connectivity index (χ1n) is 12.3. The fraction of sp³-hybridized carbons (Fsp3) is 0.207. The van der Waals surface area contributed by atoms with Gasteiger partial charge in [0.2, 0.25) is 22.7 Å². The van der Waals surface area contributed by atoms with Crippen molar-refractivity contribution < 1.29 is 28.6 Å². The average molecular weight is 559 g/mol. The van der Waals surface area contributed by atoms with E-state index in [0.717, 1.165) is 20.7 Å². The van der Waals surface area contributed by atoms with E-state index in [0.29, 0.717) is 33.6 Å². The molecule has 0 aliphatic carbocycles. The van der Waals surface area contributed by atoms with Crippen molar-refractivity contribution in [2.24, 2.45) is 5.10 Å². The summed E-state index contributed by atoms with van der Waals surface area (Å²) in [7, 11) is 4.54. The van der Waals surface area contributed by atoms with E-state index in [1.165, 1.54) is 50.0 Å². The van der Waals surface area contributed by atoms with Gasteiger partial charge < -0.3 is 14.2 Å². The fourth-order valence-corrected chi connectivity index (χ4v) is 5.38. The van der Waals surface area contributed by atoms with Crippen molar-refractivity contribution in [3.05, 3.63) is 71.3 Å². The molecule has 1 fully saturated rings. The van der Waals surface area contributed by atoms with Gasteiger partial charge in [-0.15, -0.1) is 0 Å². The number of rotatable bonds is 8. The largest absolute Gasteiger partial charge is 0.493 e. The molecule has 3 amide bonds. The van der Waals surface area contributed by atoms with Gasteiger partial charge in [0.25, 0.3) is 5.91 Å². The van der Waals surface area contributed by atoms with Gasteiger partial charge in [-0.05, 0) is 55.0 Å². The summed E-state index contributed by atoms with van der Waals surface area (Å²) in [6.45, 7) is 1.98. The Hall–Kier alpha value is -4.77. The summed E-state index contributed by atoms with van der Waals surface area (Å²) >= 11 is 1.32. The summed E-state index contributed by atoms with van der Waals surface area (Å²) in [4.78, 5) is 44.3. The number of carbonyl (C=O) groups excluding carboxylic acids is 3. The number of fused-ring (bicyclic) bond motifs is 1. The van der Waals surface area contributed by atoms with Gasteiger partial charge in [-0.3, -0.25) is 19.3 Å². The van der Waals surface area contributed by atoms with Crippen LogP contribution in [0.5, 0.6) is 17.2 Å². The number of ether oxygens (including phenoxy) is 3. The Balaban J connectivity index is 1.57. The molecule has 40 heavy (non-hydrogen) atoms. The number of methoxy groups -OCH3 is 3. The topological polar surface area (TPSA) is 111 Å². The highest BCUT2D eigenvalue weighted by molar-refractivity contribution is 7.22. The second-order valence-electron chi connectivity index (χ2n) is 8.96. The van der Waals surface area contributed by atoms with Crippen molar-refractivity contribution in [1.29, 1.82) is 0 Å². The van der Waals surface area contributed by atoms with Gasteiger partial charge in [-0.2, -0.15) is 10.1 Å². The Morgan fingerprint density at radius 3 is 2.33 bits per heavy atom. The first-order chi connectivity index (χ1) is 19.3. The fourth-order valence-electron chi connectivity index (χ4n) is 4.36. The lowest BCUT2D eigenvalue weighted by atomic mass is 10.1. The lowest BCUT2D eigenvalue weighted by molar-refractivity contribution is -0.121. The molecule has 0 spiro atoms. The van der Waals surface area contributed by atoms with Crippen LogP contribution in [0.1, 0.15) is 34.3 Å². The van der Waals surface area contributed by atoms with Gasteiger partial charge in [0, 0.05) is 24.0 Å². The summed E-state index contributed by atoms with van der Waals surface area (Å²) in [5, 5.41) is 6.09. The van der Waals surface area contributed by atoms with Crippen LogP contribution < -0.4 is 24.1 Å². The minimum absolute atomic E-state index is 0.146. The van der Waals surface area contributed by atoms with E-state index in [1.54, 1.807) is 30.3 Å². The zero-order valence-electron chi connectivity index (χ0n) is 22.3. The summed E-state index contributed by atoms with van der Waals surface area (Å²) in [6.07, 6.45) is 1.79. The summed E-state index contributed by atoms with van der Waals surface area (Å²) in [6, 6.07) is 15.6. The lowest BCUT2D eigenvalue weighted by Gasteiger charge is -2.17. The Labute approximate surface area is 234 Å². The zero-order valence-corrected chi connectivity index (χ0v) is 23.2. The van der Waals surface area contributed by atoms with Crippen LogP contribution in [0.25, 0.3) is 10.2 Å². The van der Waals surface area contributed by atoms with E-state index in [9.17, 15) is 14.4 Å². The molecule has 2 heterocycles. The van der Waals surface area contributed by atoms with Crippen molar-refractivity contribution in [3.8, 4) is 17.2 Å². The molecule has 0 atom stereocenters. The van der Waals surface area contributed by atoms with Crippen LogP contribution in [0.2, 0.25) is 0 Å². The molecule has 11 heteroatoms. The van der Waals surface area contributed by atoms with Crippen molar-refractivity contribution in [2.75, 3.05) is 31.2 Å². The maximum Gasteiger partial charge on any atom is 0.280 e. The van der Waals surface area contributed by atoms with E-state index in [4.69, 9.17) is 14.2 Å². The molecule has 10 nitrogen and oxygen atoms in total. The molecule has 5 rings (SSSR count). The molecule has 0 saturated carbocycles. The van der Waals surface area contributed by atoms with E-state index in [-0.39, 0.29) is 30.2 Å². The number of amides is 3. The molecular formula is C29H26N4O6S. The van der Waals surface area contributed by atoms with Gasteiger partial charge in [0.05, 0.1) is 43.4 Å². The van der Waals surface area contributed by atoms with Crippen LogP contribution in [-0.4, -0.2) is 50.2 Å². The Kier molecular flexibility index (Phi) is 7.47. The van der Waals surface area contributed by atoms with E-state index in [2.05, 4.69) is 10.1 Å². The molecule has 0 N–H and O–H groups in total. The minimum atomic E-state index is -0.486. The third-order valence-electron chi connectivity index (χ3n) is 6.32. The van der Waals surface area contributed by atoms with Crippen molar-refractivity contribution in [2.45, 2.75) is 19.8 Å². The third-order valence-corrected chi connectivity index (χ3v) is 7.31. The molecule has 0 unspecified atom stereocenters. The van der Waals surface area contributed by atoms with Crippen molar-refractivity contribution in [3.63, 3.8) is 0 Å². The first-order valence-corrected chi connectivity index (χ1v) is 13.2. The molecule has 204 valence electrons. The van der Waals surface area contributed by atoms with Crippen LogP contribution in [0.4, 0.5) is 10.8 Å². The van der Waals surface area contributed by atoms with Crippen LogP contribution in [0.15, 0.2) is 59.7 Å². The Bertz CT molecular complexity index is 1620. The van der Waals surface area contributed by atoms with Crippen molar-refractivity contribution >= 4 is 56.3 Å². The monoisotopic (exact) mass is 558 g/mol. The quantitative estimate of drug-likeness (QED) is 0.171. The molecule has 0 bridgehead atoms. The molecule has 1 aliphatic rings. The standard InChI is InChI=1S/C29H26N4O6S/c1-17-8-9-21-24(12-17)40-29(31-21)33(30-16-18-13-22(37-2)27(39-4)23(14-18)38-3)28(36)19-6-5-7-20(15-19)32-25(34)10-11-26(32)35/h5-9,12-16H,10-11H2,1-4H3/b30-16+. The summed E-state index contributed by atoms with van der Waals surface area (Å²) < 4.78 is 17.2. The number of thiazole rings is 1. The molecule has 1 saturated heterocycles. The summed E-state index contributed by atoms with van der Waals surface area (Å²) in [5.41, 5.74) is 2.96. The van der Waals surface area contributed by atoms with Crippen LogP contribution in [0.3, 0.4) is 0 Å². The molecular weight excluding hydrogens is 532 g/mol. The second-order valence-corrected chi connectivity index (χ2v) is 9.97. The highest BCUT2D eigenvalue weighted by atomic mass is 32.1. The first kappa shape index (κ1) is 26.8. The molecule has 4 aromatic rings. The normalized spacial score (nSPS) is 13.3. The SMILES string of the molecule is COc1cc(/C=N/N(C(=O)c2cccc(N3C(=O)CCC3=O)c2)c2nc3ccc(C)cc3s2)cc(OC)c1OC. The minimum Gasteiger partial charge on any atom is -0.493 e. The predicted molar refractivity (Wildman–Crippen MR) is 153 cm³/mol. The van der Waals surface area contributed by atoms with Gasteiger partial charge in [-0.1, -0.05) is 23.5 Å². The number of nitrogens with zero attached hydrogens (tertiary/aromatic N) is 4. The second kappa shape index (κ2) is 11.1. The lowest BCUT2D eigenvalue weighted by Crippen LogP contribution is -2.29. The molecule has 0 radical (unpaired) electrons. The number of benzene rings is 3. The van der Waals surface area contributed by atoms with Gasteiger partial charge in [0.1, 0.15) is 0 Å². The predicted octanol–water partition coefficient (Wildman–Crippen LogP) is 4.96. The van der Waals surface area contributed by atoms with E-state index < -0.39 is 5.91 Å². The Morgan fingerprint density at radius 2 is 1.68 bits per heavy atom. The zero-order chi connectivity index (χ0) is 28.4. The third kappa shape index (κ3) is 5.10. The molecule has 1 aliphatic heterocycles. The van der Waals surface area contributed by atoms with E-state index >= 15 is 0 Å². The van der Waals surface area contributed by atoms with Gasteiger partial charge >= 0.3 is 0 Å². The number of hydrazone groups is 1. The molecule has 1 aromatic heterocycles. The number of aromatic nitrogens is 1. The summed E-state index contributed by atoms with van der Waals surface area (Å²) in [5.74, 6) is 0.218. The van der Waals surface area contributed by atoms with Crippen LogP contribution in [0, 0.1) is 6.92 Å². The highest BCUT2D eigenvalue weighted by Crippen LogP contribution is 2.38. The maximum atomic E-state index is 13.9. The van der Waals surface area contributed by atoms with Crippen LogP contribution in [-0.2, 0) is 9.59 Å². The number of hydrogen-bond donors (Lipinski definition) is 0. The number of hydrogen-bond acceptors (Lipinski definition) is 9. The number of aryl methyl sites for hydroxylation is 1. The molecule has 3 aromatic carbocycles. The average Bonchev–Trinajstić information content (AvgIpc) is 3.53. The van der Waals surface area contributed by atoms with Crippen LogP contribution >= 0.6 is 11.3 Å². The maximum absolute atomic E-state index is 13.9. The number of imide groups is 1.